The summed E-state index contributed by atoms with van der Waals surface area (Å²) < 4.78 is 6.44. The predicted octanol–water partition coefficient (Wildman–Crippen LogP) is 4.25. The fraction of sp³-hybridized carbons (Fsp3) is 0.167. The molecule has 3 rings (SSSR count). The van der Waals surface area contributed by atoms with E-state index in [1.807, 2.05) is 25.1 Å². The van der Waals surface area contributed by atoms with Crippen LogP contribution in [0.5, 0.6) is 0 Å². The molecule has 0 fully saturated rings. The van der Waals surface area contributed by atoms with Crippen molar-refractivity contribution < 1.29 is 9.21 Å². The fourth-order valence-corrected chi connectivity index (χ4v) is 3.38. The van der Waals surface area contributed by atoms with Gasteiger partial charge in [0, 0.05) is 16.8 Å². The number of hydrogen-bond donors (Lipinski definition) is 1. The molecule has 0 bridgehead atoms. The van der Waals surface area contributed by atoms with E-state index in [9.17, 15) is 4.79 Å². The SMILES string of the molecule is C[C@@H](Cc1csc2ccccc12)NC(=O)/C=C/c1ccco1. The van der Waals surface area contributed by atoms with E-state index >= 15 is 0 Å². The summed E-state index contributed by atoms with van der Waals surface area (Å²) in [7, 11) is 0. The molecule has 0 spiro atoms. The van der Waals surface area contributed by atoms with Crippen LogP contribution in [0.3, 0.4) is 0 Å². The molecule has 0 aliphatic rings. The summed E-state index contributed by atoms with van der Waals surface area (Å²) >= 11 is 1.74. The van der Waals surface area contributed by atoms with Gasteiger partial charge in [-0.3, -0.25) is 4.79 Å². The average Bonchev–Trinajstić information content (AvgIpc) is 3.15. The van der Waals surface area contributed by atoms with Crippen molar-refractivity contribution in [2.75, 3.05) is 0 Å². The summed E-state index contributed by atoms with van der Waals surface area (Å²) in [4.78, 5) is 11.9. The molecular weight excluding hydrogens is 294 g/mol. The summed E-state index contributed by atoms with van der Waals surface area (Å²) in [5, 5.41) is 6.43. The third-order valence-electron chi connectivity index (χ3n) is 3.42. The van der Waals surface area contributed by atoms with Gasteiger partial charge in [-0.05, 0) is 53.9 Å². The van der Waals surface area contributed by atoms with E-state index in [0.29, 0.717) is 5.76 Å². The molecule has 0 saturated carbocycles. The number of benzene rings is 1. The number of thiophene rings is 1. The molecule has 1 N–H and O–H groups in total. The number of hydrogen-bond acceptors (Lipinski definition) is 3. The number of nitrogens with one attached hydrogen (secondary N) is 1. The van der Waals surface area contributed by atoms with Crippen LogP contribution in [0.2, 0.25) is 0 Å². The second-order valence-corrected chi connectivity index (χ2v) is 6.13. The molecule has 2 heterocycles. The smallest absolute Gasteiger partial charge is 0.244 e. The first-order valence-electron chi connectivity index (χ1n) is 7.19. The van der Waals surface area contributed by atoms with Gasteiger partial charge in [-0.1, -0.05) is 18.2 Å². The van der Waals surface area contributed by atoms with E-state index in [0.717, 1.165) is 6.42 Å². The molecule has 1 atom stereocenters. The Bertz CT molecular complexity index is 786. The van der Waals surface area contributed by atoms with Gasteiger partial charge >= 0.3 is 0 Å². The Hall–Kier alpha value is -2.33. The van der Waals surface area contributed by atoms with E-state index in [-0.39, 0.29) is 11.9 Å². The van der Waals surface area contributed by atoms with Gasteiger partial charge in [0.05, 0.1) is 6.26 Å². The molecule has 0 unspecified atom stereocenters. The Kier molecular flexibility index (Phi) is 4.39. The zero-order chi connectivity index (χ0) is 15.4. The summed E-state index contributed by atoms with van der Waals surface area (Å²) in [5.41, 5.74) is 1.28. The molecule has 0 saturated heterocycles. The first kappa shape index (κ1) is 14.6. The molecule has 4 heteroatoms. The van der Waals surface area contributed by atoms with E-state index in [1.54, 1.807) is 29.7 Å². The lowest BCUT2D eigenvalue weighted by atomic mass is 10.1. The minimum atomic E-state index is -0.108. The van der Waals surface area contributed by atoms with Gasteiger partial charge < -0.3 is 9.73 Å². The quantitative estimate of drug-likeness (QED) is 0.716. The van der Waals surface area contributed by atoms with Crippen molar-refractivity contribution in [1.82, 2.24) is 5.32 Å². The Labute approximate surface area is 133 Å². The van der Waals surface area contributed by atoms with Crippen LogP contribution < -0.4 is 5.32 Å². The molecular formula is C18H17NO2S. The summed E-state index contributed by atoms with van der Waals surface area (Å²) in [6.45, 7) is 2.02. The van der Waals surface area contributed by atoms with Crippen LogP contribution in [0, 0.1) is 0 Å². The number of amides is 1. The molecule has 0 aliphatic carbocycles. The third-order valence-corrected chi connectivity index (χ3v) is 4.43. The van der Waals surface area contributed by atoms with E-state index in [2.05, 4.69) is 22.8 Å². The summed E-state index contributed by atoms with van der Waals surface area (Å²) in [6, 6.07) is 12.0. The van der Waals surface area contributed by atoms with Crippen LogP contribution in [0.4, 0.5) is 0 Å². The van der Waals surface area contributed by atoms with Gasteiger partial charge in [0.15, 0.2) is 0 Å². The number of furan rings is 1. The Morgan fingerprint density at radius 2 is 2.18 bits per heavy atom. The number of carbonyl (C=O) groups is 1. The van der Waals surface area contributed by atoms with Crippen molar-refractivity contribution in [3.63, 3.8) is 0 Å². The van der Waals surface area contributed by atoms with Crippen molar-refractivity contribution in [1.29, 1.82) is 0 Å². The molecule has 0 radical (unpaired) electrons. The summed E-state index contributed by atoms with van der Waals surface area (Å²) in [5.74, 6) is 0.565. The molecule has 1 amide bonds. The minimum Gasteiger partial charge on any atom is -0.465 e. The highest BCUT2D eigenvalue weighted by atomic mass is 32.1. The molecule has 0 aliphatic heterocycles. The van der Waals surface area contributed by atoms with Crippen molar-refractivity contribution in [2.24, 2.45) is 0 Å². The maximum absolute atomic E-state index is 11.9. The zero-order valence-electron chi connectivity index (χ0n) is 12.3. The van der Waals surface area contributed by atoms with Crippen LogP contribution in [0.25, 0.3) is 16.2 Å². The second kappa shape index (κ2) is 6.62. The van der Waals surface area contributed by atoms with Crippen LogP contribution in [0.1, 0.15) is 18.2 Å². The van der Waals surface area contributed by atoms with Gasteiger partial charge in [-0.15, -0.1) is 11.3 Å². The molecule has 3 aromatic rings. The Balaban J connectivity index is 1.60. The lowest BCUT2D eigenvalue weighted by Crippen LogP contribution is -2.32. The molecule has 1 aromatic carbocycles. The fourth-order valence-electron chi connectivity index (χ4n) is 2.41. The van der Waals surface area contributed by atoms with Crippen LogP contribution in [-0.4, -0.2) is 11.9 Å². The monoisotopic (exact) mass is 311 g/mol. The minimum absolute atomic E-state index is 0.0757. The van der Waals surface area contributed by atoms with Crippen LogP contribution >= 0.6 is 11.3 Å². The van der Waals surface area contributed by atoms with Gasteiger partial charge in [-0.2, -0.15) is 0 Å². The Morgan fingerprint density at radius 1 is 1.32 bits per heavy atom. The van der Waals surface area contributed by atoms with Crippen molar-refractivity contribution in [3.8, 4) is 0 Å². The molecule has 2 aromatic heterocycles. The first-order chi connectivity index (χ1) is 10.7. The number of fused-ring (bicyclic) bond motifs is 1. The summed E-state index contributed by atoms with van der Waals surface area (Å²) in [6.07, 6.45) is 5.58. The maximum Gasteiger partial charge on any atom is 0.244 e. The van der Waals surface area contributed by atoms with Gasteiger partial charge in [0.2, 0.25) is 5.91 Å². The lowest BCUT2D eigenvalue weighted by molar-refractivity contribution is -0.117. The van der Waals surface area contributed by atoms with Crippen molar-refractivity contribution in [3.05, 3.63) is 65.4 Å². The molecule has 3 nitrogen and oxygen atoms in total. The van der Waals surface area contributed by atoms with E-state index in [4.69, 9.17) is 4.42 Å². The molecule has 112 valence electrons. The molecule has 22 heavy (non-hydrogen) atoms. The maximum atomic E-state index is 11.9. The van der Waals surface area contributed by atoms with Crippen molar-refractivity contribution in [2.45, 2.75) is 19.4 Å². The predicted molar refractivity (Wildman–Crippen MR) is 90.9 cm³/mol. The normalized spacial score (nSPS) is 12.8. The second-order valence-electron chi connectivity index (χ2n) is 5.22. The van der Waals surface area contributed by atoms with Crippen LogP contribution in [0.15, 0.2) is 58.5 Å². The van der Waals surface area contributed by atoms with Gasteiger partial charge in [0.25, 0.3) is 0 Å². The number of rotatable bonds is 5. The highest BCUT2D eigenvalue weighted by Crippen LogP contribution is 2.26. The van der Waals surface area contributed by atoms with E-state index < -0.39 is 0 Å². The van der Waals surface area contributed by atoms with Gasteiger partial charge in [-0.25, -0.2) is 0 Å². The van der Waals surface area contributed by atoms with Gasteiger partial charge in [0.1, 0.15) is 5.76 Å². The largest absolute Gasteiger partial charge is 0.465 e. The highest BCUT2D eigenvalue weighted by Gasteiger charge is 2.09. The number of carbonyl (C=O) groups excluding carboxylic acids is 1. The topological polar surface area (TPSA) is 42.2 Å². The van der Waals surface area contributed by atoms with E-state index in [1.165, 1.54) is 21.7 Å². The van der Waals surface area contributed by atoms with Crippen molar-refractivity contribution >= 4 is 33.4 Å². The first-order valence-corrected chi connectivity index (χ1v) is 8.07. The van der Waals surface area contributed by atoms with Crippen LogP contribution in [-0.2, 0) is 11.2 Å². The Morgan fingerprint density at radius 3 is 3.00 bits per heavy atom. The average molecular weight is 311 g/mol. The third kappa shape index (κ3) is 3.46. The zero-order valence-corrected chi connectivity index (χ0v) is 13.1. The standard InChI is InChI=1S/C18H17NO2S/c1-13(19-18(20)9-8-15-5-4-10-21-15)11-14-12-22-17-7-3-2-6-16(14)17/h2-10,12-13H,11H2,1H3,(H,19,20)/b9-8+/t13-/m0/s1. The lowest BCUT2D eigenvalue weighted by Gasteiger charge is -2.11. The highest BCUT2D eigenvalue weighted by molar-refractivity contribution is 7.17.